The van der Waals surface area contributed by atoms with E-state index in [2.05, 4.69) is 0 Å². The first kappa shape index (κ1) is 23.4. The van der Waals surface area contributed by atoms with Crippen molar-refractivity contribution >= 4 is 16.2 Å². The summed E-state index contributed by atoms with van der Waals surface area (Å²) in [6, 6.07) is 7.49. The number of rotatable bonds is 7. The van der Waals surface area contributed by atoms with Gasteiger partial charge in [0.05, 0.1) is 19.5 Å². The monoisotopic (exact) mass is 429 g/mol. The van der Waals surface area contributed by atoms with Crippen LogP contribution in [0.1, 0.15) is 38.7 Å². The maximum absolute atomic E-state index is 12.5. The van der Waals surface area contributed by atoms with Crippen LogP contribution in [0.25, 0.3) is 0 Å². The summed E-state index contributed by atoms with van der Waals surface area (Å²) in [5.74, 6) is 0.482. The highest BCUT2D eigenvalue weighted by atomic mass is 32.2. The highest BCUT2D eigenvalue weighted by molar-refractivity contribution is 7.85. The molecule has 1 amide bonds. The predicted molar refractivity (Wildman–Crippen MR) is 108 cm³/mol. The fourth-order valence-electron chi connectivity index (χ4n) is 3.32. The average Bonchev–Trinajstić information content (AvgIpc) is 2.63. The van der Waals surface area contributed by atoms with E-state index < -0.39 is 21.8 Å². The van der Waals surface area contributed by atoms with Crippen molar-refractivity contribution in [1.29, 1.82) is 0 Å². The van der Waals surface area contributed by atoms with Gasteiger partial charge in [0, 0.05) is 19.0 Å². The number of hydrogen-bond donors (Lipinski definition) is 1. The number of aliphatic hydroxyl groups is 1. The third-order valence-corrected chi connectivity index (χ3v) is 5.11. The van der Waals surface area contributed by atoms with E-state index in [4.69, 9.17) is 18.8 Å². The van der Waals surface area contributed by atoms with Crippen molar-refractivity contribution in [3.63, 3.8) is 0 Å². The Morgan fingerprint density at radius 2 is 1.90 bits per heavy atom. The number of aliphatic hydroxyl groups excluding tert-OH is 1. The molecule has 2 atom stereocenters. The second-order valence-corrected chi connectivity index (χ2v) is 9.86. The lowest BCUT2D eigenvalue weighted by Crippen LogP contribution is -2.46. The van der Waals surface area contributed by atoms with Gasteiger partial charge in [-0.2, -0.15) is 8.42 Å². The minimum Gasteiger partial charge on any atom is -0.491 e. The first-order chi connectivity index (χ1) is 13.5. The fraction of sp³-hybridized carbons (Fsp3) is 0.650. The quantitative estimate of drug-likeness (QED) is 0.664. The van der Waals surface area contributed by atoms with E-state index in [0.29, 0.717) is 25.3 Å². The van der Waals surface area contributed by atoms with Gasteiger partial charge >= 0.3 is 6.09 Å². The van der Waals surface area contributed by atoms with Gasteiger partial charge in [-0.25, -0.2) is 4.79 Å². The van der Waals surface area contributed by atoms with Crippen LogP contribution in [-0.2, 0) is 19.0 Å². The van der Waals surface area contributed by atoms with Crippen molar-refractivity contribution in [2.75, 3.05) is 39.2 Å². The second kappa shape index (κ2) is 9.77. The van der Waals surface area contributed by atoms with Gasteiger partial charge in [-0.15, -0.1) is 0 Å². The molecule has 0 aromatic heterocycles. The Labute approximate surface area is 172 Å². The maximum Gasteiger partial charge on any atom is 0.410 e. The van der Waals surface area contributed by atoms with E-state index in [9.17, 15) is 13.2 Å². The lowest BCUT2D eigenvalue weighted by molar-refractivity contribution is 0.0114. The lowest BCUT2D eigenvalue weighted by atomic mass is 9.81. The number of carbonyl (C=O) groups excluding carboxylic acids is 1. The molecule has 1 aromatic rings. The summed E-state index contributed by atoms with van der Waals surface area (Å²) in [5.41, 5.74) is 0.421. The summed E-state index contributed by atoms with van der Waals surface area (Å²) in [6.45, 7) is 6.43. The lowest BCUT2D eigenvalue weighted by Gasteiger charge is -2.39. The molecule has 1 heterocycles. The SMILES string of the molecule is CC(C)(C)OC(=O)N1CC[C@H](c2ccc(OCCO)cc2)[C@@H](COS(C)(=O)=O)C1. The maximum atomic E-state index is 12.5. The Bertz CT molecular complexity index is 771. The molecule has 164 valence electrons. The summed E-state index contributed by atoms with van der Waals surface area (Å²) >= 11 is 0. The third-order valence-electron chi connectivity index (χ3n) is 4.55. The molecule has 1 N–H and O–H groups in total. The molecule has 0 radical (unpaired) electrons. The summed E-state index contributed by atoms with van der Waals surface area (Å²) in [4.78, 5) is 14.1. The highest BCUT2D eigenvalue weighted by Crippen LogP contribution is 2.35. The number of carbonyl (C=O) groups is 1. The van der Waals surface area contributed by atoms with Crippen LogP contribution in [0.3, 0.4) is 0 Å². The highest BCUT2D eigenvalue weighted by Gasteiger charge is 2.35. The minimum absolute atomic E-state index is 0.00837. The first-order valence-electron chi connectivity index (χ1n) is 9.64. The summed E-state index contributed by atoms with van der Waals surface area (Å²) in [6.07, 6.45) is 1.27. The topological polar surface area (TPSA) is 102 Å². The zero-order chi connectivity index (χ0) is 21.7. The largest absolute Gasteiger partial charge is 0.491 e. The molecule has 2 rings (SSSR count). The Morgan fingerprint density at radius 1 is 1.24 bits per heavy atom. The molecule has 0 spiro atoms. The Balaban J connectivity index is 2.14. The Morgan fingerprint density at radius 3 is 2.45 bits per heavy atom. The molecule has 1 saturated heterocycles. The van der Waals surface area contributed by atoms with Gasteiger partial charge in [0.1, 0.15) is 18.0 Å². The molecule has 1 aliphatic heterocycles. The van der Waals surface area contributed by atoms with Crippen LogP contribution in [0.15, 0.2) is 24.3 Å². The van der Waals surface area contributed by atoms with E-state index in [1.54, 1.807) is 4.90 Å². The standard InChI is InChI=1S/C20H31NO7S/c1-20(2,3)28-19(23)21-10-9-18(16(13-21)14-27-29(4,24)25)15-5-7-17(8-6-15)26-12-11-22/h5-8,16,18,22H,9-14H2,1-4H3/t16-,18-/m1/s1. The molecular formula is C20H31NO7S. The molecule has 0 unspecified atom stereocenters. The number of benzene rings is 1. The molecule has 8 nitrogen and oxygen atoms in total. The van der Waals surface area contributed by atoms with Crippen LogP contribution in [0.2, 0.25) is 0 Å². The van der Waals surface area contributed by atoms with Gasteiger partial charge in [0.15, 0.2) is 0 Å². The molecular weight excluding hydrogens is 398 g/mol. The molecule has 0 saturated carbocycles. The van der Waals surface area contributed by atoms with Gasteiger partial charge in [-0.3, -0.25) is 4.18 Å². The van der Waals surface area contributed by atoms with Crippen LogP contribution in [0.4, 0.5) is 4.79 Å². The number of nitrogens with zero attached hydrogens (tertiary/aromatic N) is 1. The van der Waals surface area contributed by atoms with Gasteiger partial charge in [-0.05, 0) is 50.8 Å². The van der Waals surface area contributed by atoms with E-state index >= 15 is 0 Å². The van der Waals surface area contributed by atoms with Crippen molar-refractivity contribution in [3.8, 4) is 5.75 Å². The van der Waals surface area contributed by atoms with Gasteiger partial charge in [-0.1, -0.05) is 12.1 Å². The molecule has 0 aliphatic carbocycles. The number of likely N-dealkylation sites (tertiary alicyclic amines) is 1. The molecule has 9 heteroatoms. The van der Waals surface area contributed by atoms with Crippen molar-refractivity contribution < 1.29 is 32.0 Å². The van der Waals surface area contributed by atoms with Crippen molar-refractivity contribution in [2.45, 2.75) is 38.7 Å². The molecule has 1 aliphatic rings. The second-order valence-electron chi connectivity index (χ2n) is 8.21. The first-order valence-corrected chi connectivity index (χ1v) is 11.5. The number of amides is 1. The third kappa shape index (κ3) is 7.83. The minimum atomic E-state index is -3.59. The van der Waals surface area contributed by atoms with Crippen LogP contribution in [-0.4, -0.2) is 69.3 Å². The van der Waals surface area contributed by atoms with Crippen molar-refractivity contribution in [2.24, 2.45) is 5.92 Å². The zero-order valence-corrected chi connectivity index (χ0v) is 18.3. The van der Waals surface area contributed by atoms with E-state index in [1.165, 1.54) is 0 Å². The van der Waals surface area contributed by atoms with Crippen LogP contribution >= 0.6 is 0 Å². The smallest absolute Gasteiger partial charge is 0.410 e. The molecule has 0 bridgehead atoms. The Kier molecular flexibility index (Phi) is 7.90. The number of ether oxygens (including phenoxy) is 2. The van der Waals surface area contributed by atoms with Gasteiger partial charge < -0.3 is 19.5 Å². The molecule has 1 fully saturated rings. The predicted octanol–water partition coefficient (Wildman–Crippen LogP) is 2.37. The van der Waals surface area contributed by atoms with Crippen LogP contribution in [0, 0.1) is 5.92 Å². The molecule has 1 aromatic carbocycles. The van der Waals surface area contributed by atoms with Crippen LogP contribution in [0.5, 0.6) is 5.75 Å². The summed E-state index contributed by atoms with van der Waals surface area (Å²) < 4.78 is 38.9. The van der Waals surface area contributed by atoms with Crippen molar-refractivity contribution in [3.05, 3.63) is 29.8 Å². The van der Waals surface area contributed by atoms with Crippen LogP contribution < -0.4 is 4.74 Å². The van der Waals surface area contributed by atoms with E-state index in [0.717, 1.165) is 11.8 Å². The van der Waals surface area contributed by atoms with Gasteiger partial charge in [0.2, 0.25) is 0 Å². The van der Waals surface area contributed by atoms with Gasteiger partial charge in [0.25, 0.3) is 10.1 Å². The van der Waals surface area contributed by atoms with E-state index in [-0.39, 0.29) is 31.7 Å². The molecule has 29 heavy (non-hydrogen) atoms. The van der Waals surface area contributed by atoms with Crippen molar-refractivity contribution in [1.82, 2.24) is 4.90 Å². The number of hydrogen-bond acceptors (Lipinski definition) is 7. The Hall–Kier alpha value is -1.84. The fourth-order valence-corrected chi connectivity index (χ4v) is 3.74. The number of piperidine rings is 1. The summed E-state index contributed by atoms with van der Waals surface area (Å²) in [7, 11) is -3.59. The zero-order valence-electron chi connectivity index (χ0n) is 17.5. The van der Waals surface area contributed by atoms with E-state index in [1.807, 2.05) is 45.0 Å². The summed E-state index contributed by atoms with van der Waals surface area (Å²) in [5, 5.41) is 8.86. The normalized spacial score (nSPS) is 20.4. The average molecular weight is 430 g/mol.